The maximum Gasteiger partial charge on any atom is 0.0831 e. The van der Waals surface area contributed by atoms with Crippen LogP contribution in [0.25, 0.3) is 0 Å². The highest BCUT2D eigenvalue weighted by molar-refractivity contribution is 5.28. The number of nitrogens with two attached hydrogens (primary N) is 1. The van der Waals surface area contributed by atoms with Crippen LogP contribution < -0.4 is 5.73 Å². The zero-order chi connectivity index (χ0) is 14.9. The average Bonchev–Trinajstić information content (AvgIpc) is 2.91. The van der Waals surface area contributed by atoms with Crippen molar-refractivity contribution in [3.05, 3.63) is 34.4 Å². The Labute approximate surface area is 120 Å². The lowest BCUT2D eigenvalue weighted by Gasteiger charge is -2.10. The fourth-order valence-electron chi connectivity index (χ4n) is 2.65. The van der Waals surface area contributed by atoms with Crippen LogP contribution in [0.3, 0.4) is 0 Å². The van der Waals surface area contributed by atoms with Crippen LogP contribution in [0.5, 0.6) is 0 Å². The number of hydrogen-bond acceptors (Lipinski definition) is 3. The largest absolute Gasteiger partial charge is 0.324 e. The van der Waals surface area contributed by atoms with E-state index in [1.54, 1.807) is 0 Å². The highest BCUT2D eigenvalue weighted by Gasteiger charge is 2.17. The number of hydrogen-bond donors (Lipinski definition) is 1. The minimum Gasteiger partial charge on any atom is -0.324 e. The maximum absolute atomic E-state index is 6.19. The van der Waals surface area contributed by atoms with E-state index in [0.717, 1.165) is 36.5 Å². The van der Waals surface area contributed by atoms with E-state index in [9.17, 15) is 0 Å². The van der Waals surface area contributed by atoms with Gasteiger partial charge in [-0.25, -0.2) is 0 Å². The first-order valence-electron chi connectivity index (χ1n) is 7.29. The molecular formula is C15H25N5. The minimum absolute atomic E-state index is 0.0708. The first-order chi connectivity index (χ1) is 9.47. The van der Waals surface area contributed by atoms with Crippen molar-refractivity contribution in [3.8, 4) is 0 Å². The summed E-state index contributed by atoms with van der Waals surface area (Å²) in [5, 5.41) is 9.13. The summed E-state index contributed by atoms with van der Waals surface area (Å²) in [6, 6.07) is 2.22. The fourth-order valence-corrected chi connectivity index (χ4v) is 2.65. The molecule has 0 aliphatic heterocycles. The standard InChI is InChI=1S/C15H25N5/c1-6-12-8-13(19(5)18-12)9-20-11(4)15(10(3)17-20)14(16)7-2/h8,14H,6-7,9,16H2,1-5H3. The van der Waals surface area contributed by atoms with Crippen LogP contribution in [-0.2, 0) is 20.0 Å². The zero-order valence-electron chi connectivity index (χ0n) is 13.1. The van der Waals surface area contributed by atoms with Crippen LogP contribution in [0, 0.1) is 13.8 Å². The molecular weight excluding hydrogens is 250 g/mol. The summed E-state index contributed by atoms with van der Waals surface area (Å²) in [4.78, 5) is 0. The van der Waals surface area contributed by atoms with Gasteiger partial charge in [0.1, 0.15) is 0 Å². The molecule has 0 bridgehead atoms. The summed E-state index contributed by atoms with van der Waals surface area (Å²) < 4.78 is 3.98. The van der Waals surface area contributed by atoms with Gasteiger partial charge in [0.25, 0.3) is 0 Å². The van der Waals surface area contributed by atoms with Gasteiger partial charge in [0.05, 0.1) is 23.6 Å². The van der Waals surface area contributed by atoms with Crippen LogP contribution in [0.15, 0.2) is 6.07 Å². The maximum atomic E-state index is 6.19. The first-order valence-corrected chi connectivity index (χ1v) is 7.29. The Morgan fingerprint density at radius 2 is 1.95 bits per heavy atom. The molecule has 2 heterocycles. The molecule has 0 aliphatic rings. The minimum atomic E-state index is 0.0708. The topological polar surface area (TPSA) is 61.7 Å². The molecule has 0 spiro atoms. The van der Waals surface area contributed by atoms with E-state index >= 15 is 0 Å². The fraction of sp³-hybridized carbons (Fsp3) is 0.600. The van der Waals surface area contributed by atoms with Gasteiger partial charge in [0.15, 0.2) is 0 Å². The van der Waals surface area contributed by atoms with Gasteiger partial charge in [-0.2, -0.15) is 10.2 Å². The first kappa shape index (κ1) is 14.8. The second-order valence-corrected chi connectivity index (χ2v) is 5.36. The lowest BCUT2D eigenvalue weighted by molar-refractivity contribution is 0.600. The van der Waals surface area contributed by atoms with Crippen molar-refractivity contribution >= 4 is 0 Å². The van der Waals surface area contributed by atoms with Crippen LogP contribution in [-0.4, -0.2) is 19.6 Å². The van der Waals surface area contributed by atoms with E-state index in [0.29, 0.717) is 0 Å². The second-order valence-electron chi connectivity index (χ2n) is 5.36. The smallest absolute Gasteiger partial charge is 0.0831 e. The van der Waals surface area contributed by atoms with Crippen LogP contribution in [0.1, 0.15) is 54.6 Å². The third kappa shape index (κ3) is 2.63. The molecule has 0 aliphatic carbocycles. The molecule has 0 saturated carbocycles. The van der Waals surface area contributed by atoms with E-state index in [2.05, 4.69) is 37.0 Å². The molecule has 0 fully saturated rings. The number of aromatic nitrogens is 4. The molecule has 0 radical (unpaired) electrons. The van der Waals surface area contributed by atoms with Crippen molar-refractivity contribution in [1.82, 2.24) is 19.6 Å². The van der Waals surface area contributed by atoms with Crippen molar-refractivity contribution < 1.29 is 0 Å². The van der Waals surface area contributed by atoms with Crippen molar-refractivity contribution in [1.29, 1.82) is 0 Å². The summed E-state index contributed by atoms with van der Waals surface area (Å²) in [7, 11) is 1.98. The quantitative estimate of drug-likeness (QED) is 0.910. The van der Waals surface area contributed by atoms with Crippen molar-refractivity contribution in [2.75, 3.05) is 0 Å². The number of rotatable bonds is 5. The molecule has 20 heavy (non-hydrogen) atoms. The molecule has 5 nitrogen and oxygen atoms in total. The molecule has 0 saturated heterocycles. The Hall–Kier alpha value is -1.62. The lowest BCUT2D eigenvalue weighted by atomic mass is 10.0. The van der Waals surface area contributed by atoms with Gasteiger partial charge in [-0.3, -0.25) is 9.36 Å². The van der Waals surface area contributed by atoms with Crippen LogP contribution in [0.2, 0.25) is 0 Å². The van der Waals surface area contributed by atoms with Gasteiger partial charge >= 0.3 is 0 Å². The predicted octanol–water partition coefficient (Wildman–Crippen LogP) is 2.25. The Balaban J connectivity index is 2.32. The second kappa shape index (κ2) is 5.79. The molecule has 110 valence electrons. The molecule has 2 N–H and O–H groups in total. The molecule has 2 aromatic heterocycles. The highest BCUT2D eigenvalue weighted by Crippen LogP contribution is 2.22. The molecule has 2 aromatic rings. The number of nitrogens with zero attached hydrogens (tertiary/aromatic N) is 4. The van der Waals surface area contributed by atoms with E-state index in [-0.39, 0.29) is 6.04 Å². The average molecular weight is 275 g/mol. The van der Waals surface area contributed by atoms with Gasteiger partial charge in [-0.05, 0) is 32.8 Å². The summed E-state index contributed by atoms with van der Waals surface area (Å²) in [6.07, 6.45) is 1.88. The third-order valence-electron chi connectivity index (χ3n) is 3.95. The van der Waals surface area contributed by atoms with Crippen LogP contribution in [0.4, 0.5) is 0 Å². The Bertz CT molecular complexity index is 594. The van der Waals surface area contributed by atoms with E-state index in [1.807, 2.05) is 23.3 Å². The molecule has 5 heteroatoms. The molecule has 1 atom stereocenters. The van der Waals surface area contributed by atoms with Crippen molar-refractivity contribution in [2.45, 2.75) is 53.1 Å². The van der Waals surface area contributed by atoms with E-state index in [4.69, 9.17) is 5.73 Å². The Morgan fingerprint density at radius 1 is 1.25 bits per heavy atom. The highest BCUT2D eigenvalue weighted by atomic mass is 15.3. The molecule has 1 unspecified atom stereocenters. The summed E-state index contributed by atoms with van der Waals surface area (Å²) in [5.74, 6) is 0. The van der Waals surface area contributed by atoms with Gasteiger partial charge in [-0.15, -0.1) is 0 Å². The predicted molar refractivity (Wildman–Crippen MR) is 80.6 cm³/mol. The molecule has 0 amide bonds. The van der Waals surface area contributed by atoms with Crippen molar-refractivity contribution in [3.63, 3.8) is 0 Å². The van der Waals surface area contributed by atoms with Crippen molar-refractivity contribution in [2.24, 2.45) is 12.8 Å². The Morgan fingerprint density at radius 3 is 2.50 bits per heavy atom. The molecule has 0 aromatic carbocycles. The van der Waals surface area contributed by atoms with Gasteiger partial charge < -0.3 is 5.73 Å². The van der Waals surface area contributed by atoms with Gasteiger partial charge in [-0.1, -0.05) is 13.8 Å². The SMILES string of the molecule is CCc1cc(Cn2nc(C)c(C(N)CC)c2C)n(C)n1. The number of aryl methyl sites for hydroxylation is 3. The third-order valence-corrected chi connectivity index (χ3v) is 3.95. The molecule has 2 rings (SSSR count). The Kier molecular flexibility index (Phi) is 4.28. The summed E-state index contributed by atoms with van der Waals surface area (Å²) in [5.41, 5.74) is 11.9. The van der Waals surface area contributed by atoms with Gasteiger partial charge in [0.2, 0.25) is 0 Å². The summed E-state index contributed by atoms with van der Waals surface area (Å²) in [6.45, 7) is 9.10. The van der Waals surface area contributed by atoms with Crippen LogP contribution >= 0.6 is 0 Å². The summed E-state index contributed by atoms with van der Waals surface area (Å²) >= 11 is 0. The zero-order valence-corrected chi connectivity index (χ0v) is 13.1. The monoisotopic (exact) mass is 275 g/mol. The van der Waals surface area contributed by atoms with Gasteiger partial charge in [0, 0.05) is 24.3 Å². The van der Waals surface area contributed by atoms with E-state index < -0.39 is 0 Å². The van der Waals surface area contributed by atoms with E-state index in [1.165, 1.54) is 11.3 Å². The lowest BCUT2D eigenvalue weighted by Crippen LogP contribution is -2.12. The normalized spacial score (nSPS) is 12.9.